The van der Waals surface area contributed by atoms with Crippen LogP contribution in [0.1, 0.15) is 11.3 Å². The van der Waals surface area contributed by atoms with Crippen LogP contribution in [0.15, 0.2) is 59.5 Å². The Balaban J connectivity index is 1.56. The molecule has 0 atom stereocenters. The number of carbonyl (C=O) groups is 1. The van der Waals surface area contributed by atoms with Gasteiger partial charge in [-0.15, -0.1) is 0 Å². The summed E-state index contributed by atoms with van der Waals surface area (Å²) >= 11 is 0. The van der Waals surface area contributed by atoms with Gasteiger partial charge in [-0.1, -0.05) is 36.4 Å². The van der Waals surface area contributed by atoms with Crippen molar-refractivity contribution >= 4 is 27.6 Å². The molecule has 0 aliphatic rings. The van der Waals surface area contributed by atoms with E-state index >= 15 is 0 Å². The molecule has 0 saturated heterocycles. The third-order valence-electron chi connectivity index (χ3n) is 4.82. The van der Waals surface area contributed by atoms with Crippen LogP contribution >= 0.6 is 0 Å². The molecule has 1 N–H and O–H groups in total. The molecule has 6 heteroatoms. The maximum absolute atomic E-state index is 12.5. The predicted molar refractivity (Wildman–Crippen MR) is 105 cm³/mol. The van der Waals surface area contributed by atoms with Gasteiger partial charge in [-0.2, -0.15) is 5.10 Å². The molecule has 0 fully saturated rings. The number of fused-ring (bicyclic) bond motifs is 2. The number of carbonyl (C=O) groups excluding carboxylic acids is 1. The largest absolute Gasteiger partial charge is 0.350 e. The number of rotatable bonds is 4. The predicted octanol–water partition coefficient (Wildman–Crippen LogP) is 2.28. The van der Waals surface area contributed by atoms with Crippen molar-refractivity contribution in [3.8, 4) is 0 Å². The standard InChI is InChI=1S/C21H20N4O2/c1-24-13-14(15-7-5-6-10-19(15)24)11-20(26)22-12-18-16-8-3-4-9-17(16)21(27)25(2)23-18/h3-10,13H,11-12H2,1-2H3,(H,22,26). The van der Waals surface area contributed by atoms with Gasteiger partial charge in [0.1, 0.15) is 0 Å². The Hall–Kier alpha value is -3.41. The van der Waals surface area contributed by atoms with E-state index < -0.39 is 0 Å². The number of para-hydroxylation sites is 1. The average Bonchev–Trinajstić information content (AvgIpc) is 2.99. The summed E-state index contributed by atoms with van der Waals surface area (Å²) in [7, 11) is 3.60. The van der Waals surface area contributed by atoms with Crippen molar-refractivity contribution < 1.29 is 4.79 Å². The minimum atomic E-state index is -0.142. The van der Waals surface area contributed by atoms with E-state index in [0.717, 1.165) is 21.9 Å². The minimum Gasteiger partial charge on any atom is -0.350 e. The molecule has 0 unspecified atom stereocenters. The number of aryl methyl sites for hydroxylation is 2. The SMILES string of the molecule is Cn1nc(CNC(=O)Cc2cn(C)c3ccccc23)c2ccccc2c1=O. The topological polar surface area (TPSA) is 68.9 Å². The first-order valence-electron chi connectivity index (χ1n) is 8.79. The summed E-state index contributed by atoms with van der Waals surface area (Å²) in [6, 6.07) is 15.4. The van der Waals surface area contributed by atoms with Crippen LogP contribution in [-0.4, -0.2) is 20.3 Å². The molecular formula is C21H20N4O2. The van der Waals surface area contributed by atoms with Crippen molar-refractivity contribution in [3.05, 3.63) is 76.3 Å². The monoisotopic (exact) mass is 360 g/mol. The number of hydrogen-bond donors (Lipinski definition) is 1. The Labute approximate surface area is 156 Å². The van der Waals surface area contributed by atoms with Crippen molar-refractivity contribution in [2.45, 2.75) is 13.0 Å². The van der Waals surface area contributed by atoms with Gasteiger partial charge in [0.2, 0.25) is 5.91 Å². The summed E-state index contributed by atoms with van der Waals surface area (Å²) in [4.78, 5) is 24.7. The Kier molecular flexibility index (Phi) is 4.24. The molecule has 0 bridgehead atoms. The van der Waals surface area contributed by atoms with Crippen LogP contribution in [0.25, 0.3) is 21.7 Å². The summed E-state index contributed by atoms with van der Waals surface area (Å²) in [5.41, 5.74) is 2.63. The highest BCUT2D eigenvalue weighted by molar-refractivity contribution is 5.89. The lowest BCUT2D eigenvalue weighted by atomic mass is 10.1. The smallest absolute Gasteiger partial charge is 0.274 e. The van der Waals surface area contributed by atoms with Gasteiger partial charge in [-0.05, 0) is 17.7 Å². The van der Waals surface area contributed by atoms with E-state index in [-0.39, 0.29) is 18.0 Å². The lowest BCUT2D eigenvalue weighted by molar-refractivity contribution is -0.120. The first-order valence-corrected chi connectivity index (χ1v) is 8.79. The quantitative estimate of drug-likeness (QED) is 0.607. The summed E-state index contributed by atoms with van der Waals surface area (Å²) in [5.74, 6) is -0.0777. The second kappa shape index (κ2) is 6.72. The van der Waals surface area contributed by atoms with E-state index in [1.807, 2.05) is 60.3 Å². The Morgan fingerprint density at radius 3 is 2.44 bits per heavy atom. The number of hydrogen-bond acceptors (Lipinski definition) is 3. The third kappa shape index (κ3) is 3.10. The molecule has 2 aromatic heterocycles. The highest BCUT2D eigenvalue weighted by Crippen LogP contribution is 2.20. The molecule has 136 valence electrons. The average molecular weight is 360 g/mol. The molecule has 0 saturated carbocycles. The molecule has 2 aromatic carbocycles. The molecule has 0 aliphatic carbocycles. The number of nitrogens with zero attached hydrogens (tertiary/aromatic N) is 3. The first kappa shape index (κ1) is 17.0. The summed E-state index contributed by atoms with van der Waals surface area (Å²) in [6.45, 7) is 0.276. The van der Waals surface area contributed by atoms with Gasteiger partial charge >= 0.3 is 0 Å². The van der Waals surface area contributed by atoms with Gasteiger partial charge in [-0.25, -0.2) is 4.68 Å². The van der Waals surface area contributed by atoms with Crippen LogP contribution in [0.3, 0.4) is 0 Å². The fourth-order valence-electron chi connectivity index (χ4n) is 3.49. The van der Waals surface area contributed by atoms with E-state index in [2.05, 4.69) is 10.4 Å². The molecule has 27 heavy (non-hydrogen) atoms. The van der Waals surface area contributed by atoms with E-state index in [4.69, 9.17) is 0 Å². The molecule has 2 heterocycles. The third-order valence-corrected chi connectivity index (χ3v) is 4.82. The van der Waals surface area contributed by atoms with Crippen molar-refractivity contribution in [2.24, 2.45) is 14.1 Å². The van der Waals surface area contributed by atoms with Crippen molar-refractivity contribution in [1.29, 1.82) is 0 Å². The highest BCUT2D eigenvalue weighted by atomic mass is 16.1. The Bertz CT molecular complexity index is 1220. The van der Waals surface area contributed by atoms with Crippen LogP contribution in [0.4, 0.5) is 0 Å². The van der Waals surface area contributed by atoms with Gasteiger partial charge in [-0.3, -0.25) is 9.59 Å². The zero-order valence-corrected chi connectivity index (χ0v) is 15.3. The summed E-state index contributed by atoms with van der Waals surface area (Å²) in [6.07, 6.45) is 2.29. The zero-order valence-electron chi connectivity index (χ0n) is 15.3. The van der Waals surface area contributed by atoms with E-state index in [9.17, 15) is 9.59 Å². The normalized spacial score (nSPS) is 11.2. The zero-order chi connectivity index (χ0) is 19.0. The molecule has 4 aromatic rings. The van der Waals surface area contributed by atoms with Crippen molar-refractivity contribution in [3.63, 3.8) is 0 Å². The lowest BCUT2D eigenvalue weighted by Gasteiger charge is -2.09. The van der Waals surface area contributed by atoms with Gasteiger partial charge in [0.25, 0.3) is 5.56 Å². The number of benzene rings is 2. The van der Waals surface area contributed by atoms with E-state index in [1.54, 1.807) is 13.1 Å². The maximum Gasteiger partial charge on any atom is 0.274 e. The molecular weight excluding hydrogens is 340 g/mol. The van der Waals surface area contributed by atoms with Crippen LogP contribution in [0.5, 0.6) is 0 Å². The van der Waals surface area contributed by atoms with Crippen LogP contribution in [-0.2, 0) is 31.9 Å². The minimum absolute atomic E-state index is 0.0777. The molecule has 0 aliphatic heterocycles. The van der Waals surface area contributed by atoms with Gasteiger partial charge in [0, 0.05) is 36.6 Å². The second-order valence-electron chi connectivity index (χ2n) is 6.66. The van der Waals surface area contributed by atoms with Crippen molar-refractivity contribution in [2.75, 3.05) is 0 Å². The van der Waals surface area contributed by atoms with Gasteiger partial charge < -0.3 is 9.88 Å². The first-order chi connectivity index (χ1) is 13.0. The van der Waals surface area contributed by atoms with Crippen LogP contribution in [0.2, 0.25) is 0 Å². The molecule has 0 radical (unpaired) electrons. The molecule has 1 amide bonds. The van der Waals surface area contributed by atoms with Crippen LogP contribution in [0, 0.1) is 0 Å². The number of aromatic nitrogens is 3. The van der Waals surface area contributed by atoms with E-state index in [1.165, 1.54) is 4.68 Å². The number of nitrogens with one attached hydrogen (secondary N) is 1. The molecule has 6 nitrogen and oxygen atoms in total. The Morgan fingerprint density at radius 1 is 1.00 bits per heavy atom. The summed E-state index contributed by atoms with van der Waals surface area (Å²) in [5, 5.41) is 9.71. The van der Waals surface area contributed by atoms with E-state index in [0.29, 0.717) is 17.5 Å². The van der Waals surface area contributed by atoms with Crippen molar-refractivity contribution in [1.82, 2.24) is 19.7 Å². The molecule has 4 rings (SSSR count). The number of amides is 1. The fraction of sp³-hybridized carbons (Fsp3) is 0.190. The maximum atomic E-state index is 12.5. The fourth-order valence-corrected chi connectivity index (χ4v) is 3.49. The van der Waals surface area contributed by atoms with Crippen LogP contribution < -0.4 is 10.9 Å². The summed E-state index contributed by atoms with van der Waals surface area (Å²) < 4.78 is 3.34. The van der Waals surface area contributed by atoms with Gasteiger partial charge in [0.05, 0.1) is 24.0 Å². The van der Waals surface area contributed by atoms with Gasteiger partial charge in [0.15, 0.2) is 0 Å². The second-order valence-corrected chi connectivity index (χ2v) is 6.66. The lowest BCUT2D eigenvalue weighted by Crippen LogP contribution is -2.28. The Morgan fingerprint density at radius 2 is 1.67 bits per heavy atom. The highest BCUT2D eigenvalue weighted by Gasteiger charge is 2.12. The molecule has 0 spiro atoms.